The summed E-state index contributed by atoms with van der Waals surface area (Å²) in [5.74, 6) is -2.62. The van der Waals surface area contributed by atoms with Crippen LogP contribution >= 0.6 is 0 Å². The van der Waals surface area contributed by atoms with Crippen LogP contribution in [-0.4, -0.2) is 20.9 Å². The van der Waals surface area contributed by atoms with Crippen molar-refractivity contribution in [2.45, 2.75) is 0 Å². The van der Waals surface area contributed by atoms with E-state index in [1.165, 1.54) is 17.9 Å². The summed E-state index contributed by atoms with van der Waals surface area (Å²) >= 11 is 0. The van der Waals surface area contributed by atoms with Crippen molar-refractivity contribution < 1.29 is 18.7 Å². The van der Waals surface area contributed by atoms with Gasteiger partial charge in [-0.3, -0.25) is 4.68 Å². The second kappa shape index (κ2) is 3.97. The summed E-state index contributed by atoms with van der Waals surface area (Å²) < 4.78 is 27.8. The molecule has 2 rings (SSSR count). The number of halogens is 2. The van der Waals surface area contributed by atoms with E-state index in [2.05, 4.69) is 5.10 Å². The van der Waals surface area contributed by atoms with E-state index >= 15 is 0 Å². The topological polar surface area (TPSA) is 55.1 Å². The van der Waals surface area contributed by atoms with Crippen LogP contribution in [0.15, 0.2) is 24.4 Å². The van der Waals surface area contributed by atoms with Gasteiger partial charge in [0.05, 0.1) is 0 Å². The summed E-state index contributed by atoms with van der Waals surface area (Å²) in [6.45, 7) is 0. The summed E-state index contributed by atoms with van der Waals surface area (Å²) in [5, 5.41) is 12.6. The van der Waals surface area contributed by atoms with Gasteiger partial charge in [0.1, 0.15) is 11.6 Å². The largest absolute Gasteiger partial charge is 0.476 e. The van der Waals surface area contributed by atoms with Gasteiger partial charge in [-0.05, 0) is 18.2 Å². The maximum absolute atomic E-state index is 13.5. The van der Waals surface area contributed by atoms with Crippen molar-refractivity contribution in [1.82, 2.24) is 9.78 Å². The van der Waals surface area contributed by atoms with E-state index in [9.17, 15) is 13.6 Å². The zero-order valence-corrected chi connectivity index (χ0v) is 8.82. The number of aromatic carboxylic acids is 1. The summed E-state index contributed by atoms with van der Waals surface area (Å²) in [6.07, 6.45) is 1.33. The van der Waals surface area contributed by atoms with Crippen LogP contribution in [0.4, 0.5) is 8.78 Å². The zero-order chi connectivity index (χ0) is 12.6. The van der Waals surface area contributed by atoms with E-state index in [1.807, 2.05) is 0 Å². The molecule has 0 radical (unpaired) electrons. The highest BCUT2D eigenvalue weighted by atomic mass is 19.1. The molecule has 0 amide bonds. The molecule has 2 aromatic rings. The van der Waals surface area contributed by atoms with Gasteiger partial charge >= 0.3 is 5.97 Å². The molecule has 1 aromatic carbocycles. The molecular formula is C11H8F2N2O2. The summed E-state index contributed by atoms with van der Waals surface area (Å²) in [5.41, 5.74) is -0.371. The lowest BCUT2D eigenvalue weighted by Gasteiger charge is -2.01. The Morgan fingerprint density at radius 1 is 1.35 bits per heavy atom. The van der Waals surface area contributed by atoms with Crippen molar-refractivity contribution in [3.8, 4) is 11.1 Å². The maximum Gasteiger partial charge on any atom is 0.357 e. The van der Waals surface area contributed by atoms with E-state index < -0.39 is 17.6 Å². The first-order valence-corrected chi connectivity index (χ1v) is 4.71. The molecule has 17 heavy (non-hydrogen) atoms. The van der Waals surface area contributed by atoms with Crippen molar-refractivity contribution >= 4 is 5.97 Å². The second-order valence-electron chi connectivity index (χ2n) is 3.49. The molecule has 4 nitrogen and oxygen atoms in total. The highest BCUT2D eigenvalue weighted by Crippen LogP contribution is 2.26. The van der Waals surface area contributed by atoms with Crippen molar-refractivity contribution in [3.63, 3.8) is 0 Å². The number of hydrogen-bond donors (Lipinski definition) is 1. The molecule has 6 heteroatoms. The summed E-state index contributed by atoms with van der Waals surface area (Å²) in [6, 6.07) is 2.86. The third-order valence-corrected chi connectivity index (χ3v) is 2.25. The number of carboxylic acids is 1. The van der Waals surface area contributed by atoms with Gasteiger partial charge < -0.3 is 5.11 Å². The van der Waals surface area contributed by atoms with Gasteiger partial charge in [-0.15, -0.1) is 0 Å². The fourth-order valence-electron chi connectivity index (χ4n) is 1.55. The molecule has 0 bridgehead atoms. The van der Waals surface area contributed by atoms with E-state index in [1.54, 1.807) is 0 Å². The predicted octanol–water partition coefficient (Wildman–Crippen LogP) is 2.06. The molecule has 0 atom stereocenters. The first-order chi connectivity index (χ1) is 7.99. The van der Waals surface area contributed by atoms with Gasteiger partial charge in [0.2, 0.25) is 0 Å². The normalized spacial score (nSPS) is 10.5. The Bertz CT molecular complexity index is 593. The fraction of sp³-hybridized carbons (Fsp3) is 0.0909. The van der Waals surface area contributed by atoms with Crippen LogP contribution < -0.4 is 0 Å². The Balaban J connectivity index is 2.67. The average Bonchev–Trinajstić information content (AvgIpc) is 2.64. The molecule has 1 heterocycles. The quantitative estimate of drug-likeness (QED) is 0.871. The minimum atomic E-state index is -1.29. The number of benzene rings is 1. The van der Waals surface area contributed by atoms with Crippen LogP contribution in [0.3, 0.4) is 0 Å². The highest BCUT2D eigenvalue weighted by molar-refractivity contribution is 5.93. The first-order valence-electron chi connectivity index (χ1n) is 4.71. The predicted molar refractivity (Wildman–Crippen MR) is 55.5 cm³/mol. The Kier molecular flexibility index (Phi) is 2.63. The van der Waals surface area contributed by atoms with E-state index in [0.717, 1.165) is 18.2 Å². The van der Waals surface area contributed by atoms with Gasteiger partial charge in [0.15, 0.2) is 5.69 Å². The van der Waals surface area contributed by atoms with E-state index in [0.29, 0.717) is 0 Å². The number of carbonyl (C=O) groups is 1. The minimum absolute atomic E-state index is 0.0528. The van der Waals surface area contributed by atoms with Crippen molar-refractivity contribution in [2.24, 2.45) is 7.05 Å². The van der Waals surface area contributed by atoms with Crippen LogP contribution in [0.5, 0.6) is 0 Å². The molecule has 0 unspecified atom stereocenters. The van der Waals surface area contributed by atoms with E-state index in [-0.39, 0.29) is 16.8 Å². The van der Waals surface area contributed by atoms with Crippen LogP contribution in [0, 0.1) is 11.6 Å². The average molecular weight is 238 g/mol. The van der Waals surface area contributed by atoms with Gasteiger partial charge in [0, 0.05) is 24.4 Å². The van der Waals surface area contributed by atoms with Crippen molar-refractivity contribution in [3.05, 3.63) is 41.7 Å². The fourth-order valence-corrected chi connectivity index (χ4v) is 1.55. The highest BCUT2D eigenvalue weighted by Gasteiger charge is 2.19. The Morgan fingerprint density at radius 3 is 2.71 bits per heavy atom. The smallest absolute Gasteiger partial charge is 0.357 e. The van der Waals surface area contributed by atoms with E-state index in [4.69, 9.17) is 5.11 Å². The van der Waals surface area contributed by atoms with Gasteiger partial charge in [-0.1, -0.05) is 0 Å². The van der Waals surface area contributed by atoms with Gasteiger partial charge in [-0.2, -0.15) is 5.10 Å². The second-order valence-corrected chi connectivity index (χ2v) is 3.49. The Hall–Kier alpha value is -2.24. The molecule has 0 spiro atoms. The monoisotopic (exact) mass is 238 g/mol. The third kappa shape index (κ3) is 2.01. The number of aryl methyl sites for hydroxylation is 1. The lowest BCUT2D eigenvalue weighted by Crippen LogP contribution is -2.01. The summed E-state index contributed by atoms with van der Waals surface area (Å²) in [7, 11) is 1.51. The molecule has 0 saturated heterocycles. The maximum atomic E-state index is 13.5. The van der Waals surface area contributed by atoms with Crippen LogP contribution in [0.2, 0.25) is 0 Å². The molecule has 0 aliphatic rings. The van der Waals surface area contributed by atoms with Gasteiger partial charge in [0.25, 0.3) is 0 Å². The van der Waals surface area contributed by atoms with Gasteiger partial charge in [-0.25, -0.2) is 13.6 Å². The minimum Gasteiger partial charge on any atom is -0.476 e. The molecule has 0 fully saturated rings. The molecule has 0 saturated carbocycles. The standard InChI is InChI=1S/C11H8F2N2O2/c1-15-5-8(10(14-15)11(16)17)7-4-6(12)2-3-9(7)13/h2-5H,1H3,(H,16,17). The summed E-state index contributed by atoms with van der Waals surface area (Å²) in [4.78, 5) is 10.9. The number of rotatable bonds is 2. The lowest BCUT2D eigenvalue weighted by molar-refractivity contribution is 0.0690. The van der Waals surface area contributed by atoms with Crippen LogP contribution in [0.1, 0.15) is 10.5 Å². The van der Waals surface area contributed by atoms with Crippen molar-refractivity contribution in [2.75, 3.05) is 0 Å². The zero-order valence-electron chi connectivity index (χ0n) is 8.82. The first kappa shape index (κ1) is 11.3. The SMILES string of the molecule is Cn1cc(-c2cc(F)ccc2F)c(C(=O)O)n1. The number of carboxylic acid groups (broad SMARTS) is 1. The molecule has 0 aliphatic carbocycles. The number of aromatic nitrogens is 2. The molecule has 88 valence electrons. The molecule has 1 aromatic heterocycles. The Labute approximate surface area is 95.1 Å². The third-order valence-electron chi connectivity index (χ3n) is 2.25. The molecular weight excluding hydrogens is 230 g/mol. The number of nitrogens with zero attached hydrogens (tertiary/aromatic N) is 2. The molecule has 0 aliphatic heterocycles. The van der Waals surface area contributed by atoms with Crippen molar-refractivity contribution in [1.29, 1.82) is 0 Å². The molecule has 1 N–H and O–H groups in total. The lowest BCUT2D eigenvalue weighted by atomic mass is 10.1. The van der Waals surface area contributed by atoms with Crippen LogP contribution in [-0.2, 0) is 7.05 Å². The number of hydrogen-bond acceptors (Lipinski definition) is 2. The van der Waals surface area contributed by atoms with Crippen LogP contribution in [0.25, 0.3) is 11.1 Å². The Morgan fingerprint density at radius 2 is 2.06 bits per heavy atom.